The molecule has 100 valence electrons. The molecule has 0 fully saturated rings. The molecule has 5 nitrogen and oxygen atoms in total. The minimum absolute atomic E-state index is 0.0318. The van der Waals surface area contributed by atoms with E-state index in [0.29, 0.717) is 11.3 Å². The van der Waals surface area contributed by atoms with Crippen molar-refractivity contribution >= 4 is 23.3 Å². The molecule has 0 atom stereocenters. The number of amides is 1. The summed E-state index contributed by atoms with van der Waals surface area (Å²) < 4.78 is 0. The quantitative estimate of drug-likeness (QED) is 0.811. The Hall–Kier alpha value is -2.17. The maximum absolute atomic E-state index is 11.9. The van der Waals surface area contributed by atoms with Crippen LogP contribution in [-0.4, -0.2) is 22.8 Å². The summed E-state index contributed by atoms with van der Waals surface area (Å²) in [5.74, 6) is -1.32. The summed E-state index contributed by atoms with van der Waals surface area (Å²) in [6.45, 7) is 3.58. The van der Waals surface area contributed by atoms with Crippen LogP contribution in [0.2, 0.25) is 0 Å². The van der Waals surface area contributed by atoms with Crippen LogP contribution in [0.1, 0.15) is 42.6 Å². The topological polar surface area (TPSA) is 83.5 Å². The van der Waals surface area contributed by atoms with E-state index in [0.717, 1.165) is 5.56 Å². The zero-order valence-electron chi connectivity index (χ0n) is 10.8. The molecule has 0 aliphatic carbocycles. The minimum Gasteiger partial charge on any atom is -0.481 e. The van der Waals surface area contributed by atoms with E-state index in [-0.39, 0.29) is 24.5 Å². The number of fused-ring (bicyclic) bond motifs is 1. The van der Waals surface area contributed by atoms with Crippen molar-refractivity contribution in [3.8, 4) is 0 Å². The first kappa shape index (κ1) is 13.3. The number of anilines is 1. The standard InChI is InChI=1S/C14H15NO4/c1-14(2)9-7-8(11(16)5-6-12(17)18)3-4-10(9)15-13(14)19/h3-4,7H,5-6H2,1-2H3,(H,15,19)(H,17,18). The molecular weight excluding hydrogens is 246 g/mol. The van der Waals surface area contributed by atoms with Crippen LogP contribution in [0.3, 0.4) is 0 Å². The molecule has 1 aromatic rings. The second-order valence-corrected chi connectivity index (χ2v) is 5.16. The molecule has 0 saturated heterocycles. The van der Waals surface area contributed by atoms with Gasteiger partial charge in [-0.1, -0.05) is 0 Å². The fourth-order valence-corrected chi connectivity index (χ4v) is 2.11. The van der Waals surface area contributed by atoms with Gasteiger partial charge in [0.2, 0.25) is 5.91 Å². The molecule has 1 heterocycles. The number of hydrogen-bond acceptors (Lipinski definition) is 3. The largest absolute Gasteiger partial charge is 0.481 e. The Labute approximate surface area is 110 Å². The first-order chi connectivity index (χ1) is 8.82. The smallest absolute Gasteiger partial charge is 0.303 e. The van der Waals surface area contributed by atoms with Crippen LogP contribution in [0.15, 0.2) is 18.2 Å². The summed E-state index contributed by atoms with van der Waals surface area (Å²) in [4.78, 5) is 34.1. The first-order valence-corrected chi connectivity index (χ1v) is 6.03. The lowest BCUT2D eigenvalue weighted by Crippen LogP contribution is -2.27. The molecule has 0 unspecified atom stereocenters. The maximum atomic E-state index is 11.9. The fraction of sp³-hybridized carbons (Fsp3) is 0.357. The van der Waals surface area contributed by atoms with E-state index in [4.69, 9.17) is 5.11 Å². The van der Waals surface area contributed by atoms with E-state index < -0.39 is 11.4 Å². The van der Waals surface area contributed by atoms with Gasteiger partial charge in [-0.25, -0.2) is 0 Å². The summed E-state index contributed by atoms with van der Waals surface area (Å²) in [6.07, 6.45) is -0.216. The number of carbonyl (C=O) groups excluding carboxylic acids is 2. The number of aliphatic carboxylic acids is 1. The van der Waals surface area contributed by atoms with Crippen LogP contribution >= 0.6 is 0 Å². The molecule has 0 spiro atoms. The molecule has 5 heteroatoms. The molecule has 19 heavy (non-hydrogen) atoms. The third kappa shape index (κ3) is 2.36. The maximum Gasteiger partial charge on any atom is 0.303 e. The summed E-state index contributed by atoms with van der Waals surface area (Å²) in [7, 11) is 0. The molecule has 2 N–H and O–H groups in total. The number of nitrogens with one attached hydrogen (secondary N) is 1. The summed E-state index contributed by atoms with van der Waals surface area (Å²) in [5.41, 5.74) is 1.27. The average Bonchev–Trinajstić information content (AvgIpc) is 2.57. The molecule has 1 aliphatic rings. The third-order valence-electron chi connectivity index (χ3n) is 3.40. The van der Waals surface area contributed by atoms with E-state index in [9.17, 15) is 14.4 Å². The highest BCUT2D eigenvalue weighted by Crippen LogP contribution is 2.37. The molecular formula is C14H15NO4. The van der Waals surface area contributed by atoms with Gasteiger partial charge >= 0.3 is 5.97 Å². The number of rotatable bonds is 4. The van der Waals surface area contributed by atoms with Crippen molar-refractivity contribution in [3.05, 3.63) is 29.3 Å². The molecule has 2 rings (SSSR count). The summed E-state index contributed by atoms with van der Waals surface area (Å²) in [6, 6.07) is 4.98. The van der Waals surface area contributed by atoms with Crippen LogP contribution in [0.25, 0.3) is 0 Å². The molecule has 0 aromatic heterocycles. The van der Waals surface area contributed by atoms with Gasteiger partial charge in [0.05, 0.1) is 11.8 Å². The van der Waals surface area contributed by atoms with Crippen molar-refractivity contribution in [1.29, 1.82) is 0 Å². The van der Waals surface area contributed by atoms with Gasteiger partial charge in [0.1, 0.15) is 0 Å². The number of ketones is 1. The fourth-order valence-electron chi connectivity index (χ4n) is 2.11. The number of carbonyl (C=O) groups is 3. The van der Waals surface area contributed by atoms with Gasteiger partial charge in [-0.15, -0.1) is 0 Å². The van der Waals surface area contributed by atoms with Crippen LogP contribution in [0.5, 0.6) is 0 Å². The van der Waals surface area contributed by atoms with Gasteiger partial charge < -0.3 is 10.4 Å². The highest BCUT2D eigenvalue weighted by Gasteiger charge is 2.38. The number of hydrogen-bond donors (Lipinski definition) is 2. The molecule has 1 aliphatic heterocycles. The van der Waals surface area contributed by atoms with E-state index in [2.05, 4.69) is 5.32 Å². The lowest BCUT2D eigenvalue weighted by molar-refractivity contribution is -0.137. The Morgan fingerprint density at radius 1 is 1.26 bits per heavy atom. The molecule has 0 radical (unpaired) electrons. The summed E-state index contributed by atoms with van der Waals surface area (Å²) in [5, 5.41) is 11.3. The monoisotopic (exact) mass is 261 g/mol. The van der Waals surface area contributed by atoms with E-state index in [1.54, 1.807) is 32.0 Å². The van der Waals surface area contributed by atoms with Crippen LogP contribution in [-0.2, 0) is 15.0 Å². The van der Waals surface area contributed by atoms with Gasteiger partial charge in [0, 0.05) is 17.7 Å². The van der Waals surface area contributed by atoms with Crippen molar-refractivity contribution in [2.45, 2.75) is 32.1 Å². The Morgan fingerprint density at radius 3 is 2.58 bits per heavy atom. The predicted molar refractivity (Wildman–Crippen MR) is 69.3 cm³/mol. The Kier molecular flexibility index (Phi) is 3.14. The van der Waals surface area contributed by atoms with Crippen molar-refractivity contribution < 1.29 is 19.5 Å². The zero-order valence-corrected chi connectivity index (χ0v) is 10.8. The molecule has 1 amide bonds. The lowest BCUT2D eigenvalue weighted by atomic mass is 9.85. The highest BCUT2D eigenvalue weighted by atomic mass is 16.4. The van der Waals surface area contributed by atoms with Gasteiger partial charge in [-0.3, -0.25) is 14.4 Å². The molecule has 0 saturated carbocycles. The van der Waals surface area contributed by atoms with Crippen LogP contribution in [0, 0.1) is 0 Å². The lowest BCUT2D eigenvalue weighted by Gasteiger charge is -2.15. The Morgan fingerprint density at radius 2 is 1.95 bits per heavy atom. The number of benzene rings is 1. The number of carboxylic acids is 1. The highest BCUT2D eigenvalue weighted by molar-refractivity contribution is 6.07. The zero-order chi connectivity index (χ0) is 14.2. The normalized spacial score (nSPS) is 15.8. The van der Waals surface area contributed by atoms with Crippen molar-refractivity contribution in [3.63, 3.8) is 0 Å². The predicted octanol–water partition coefficient (Wildman–Crippen LogP) is 1.96. The van der Waals surface area contributed by atoms with Crippen LogP contribution < -0.4 is 5.32 Å². The second kappa shape index (κ2) is 4.50. The van der Waals surface area contributed by atoms with Crippen molar-refractivity contribution in [1.82, 2.24) is 0 Å². The first-order valence-electron chi connectivity index (χ1n) is 6.03. The number of Topliss-reactive ketones (excluding diaryl/α,β-unsaturated/α-hetero) is 1. The van der Waals surface area contributed by atoms with Gasteiger partial charge in [0.25, 0.3) is 0 Å². The average molecular weight is 261 g/mol. The summed E-state index contributed by atoms with van der Waals surface area (Å²) >= 11 is 0. The SMILES string of the molecule is CC1(C)C(=O)Nc2ccc(C(=O)CCC(=O)O)cc21. The minimum atomic E-state index is -0.994. The van der Waals surface area contributed by atoms with Crippen molar-refractivity contribution in [2.24, 2.45) is 0 Å². The van der Waals surface area contributed by atoms with Gasteiger partial charge in [-0.2, -0.15) is 0 Å². The Balaban J connectivity index is 2.28. The number of carboxylic acid groups (broad SMARTS) is 1. The third-order valence-corrected chi connectivity index (χ3v) is 3.40. The van der Waals surface area contributed by atoms with Gasteiger partial charge in [0.15, 0.2) is 5.78 Å². The second-order valence-electron chi connectivity index (χ2n) is 5.16. The van der Waals surface area contributed by atoms with Crippen LogP contribution in [0.4, 0.5) is 5.69 Å². The molecule has 1 aromatic carbocycles. The van der Waals surface area contributed by atoms with Gasteiger partial charge in [-0.05, 0) is 37.6 Å². The van der Waals surface area contributed by atoms with E-state index >= 15 is 0 Å². The van der Waals surface area contributed by atoms with E-state index in [1.807, 2.05) is 0 Å². The van der Waals surface area contributed by atoms with E-state index in [1.165, 1.54) is 0 Å². The van der Waals surface area contributed by atoms with Crippen molar-refractivity contribution in [2.75, 3.05) is 5.32 Å². The molecule has 0 bridgehead atoms. The Bertz CT molecular complexity index is 575.